The molecule has 0 aromatic rings. The van der Waals surface area contributed by atoms with Crippen LogP contribution >= 0.6 is 0 Å². The van der Waals surface area contributed by atoms with Gasteiger partial charge in [0.25, 0.3) is 0 Å². The molecule has 0 aliphatic heterocycles. The Hall–Kier alpha value is -1.22. The average Bonchev–Trinajstić information content (AvgIpc) is 2.23. The van der Waals surface area contributed by atoms with Gasteiger partial charge in [-0.15, -0.1) is 0 Å². The van der Waals surface area contributed by atoms with Gasteiger partial charge in [0.05, 0.1) is 12.8 Å². The van der Waals surface area contributed by atoms with Crippen molar-refractivity contribution in [3.8, 4) is 0 Å². The van der Waals surface area contributed by atoms with Crippen molar-refractivity contribution in [2.45, 2.75) is 27.2 Å². The normalized spacial score (nSPS) is 14.2. The van der Waals surface area contributed by atoms with Crippen LogP contribution in [0, 0.1) is 0 Å². The molecule has 0 atom stereocenters. The lowest BCUT2D eigenvalue weighted by molar-refractivity contribution is 0.306. The molecule has 0 fully saturated rings. The summed E-state index contributed by atoms with van der Waals surface area (Å²) in [5, 5.41) is 0. The summed E-state index contributed by atoms with van der Waals surface area (Å²) in [6.45, 7) is 6.07. The molecule has 0 aliphatic rings. The fourth-order valence-electron chi connectivity index (χ4n) is 0.960. The maximum Gasteiger partial charge on any atom is 0.120 e. The molecule has 0 bridgehead atoms. The van der Waals surface area contributed by atoms with Crippen molar-refractivity contribution in [1.29, 1.82) is 0 Å². The number of allylic oxidation sites excluding steroid dienone is 4. The highest BCUT2D eigenvalue weighted by molar-refractivity contribution is 5.28. The molecule has 80 valence electrons. The van der Waals surface area contributed by atoms with Crippen LogP contribution in [0.5, 0.6) is 0 Å². The highest BCUT2D eigenvalue weighted by Crippen LogP contribution is 2.09. The first kappa shape index (κ1) is 12.8. The molecule has 0 rings (SSSR count). The molecule has 14 heavy (non-hydrogen) atoms. The number of rotatable bonds is 5. The van der Waals surface area contributed by atoms with Crippen LogP contribution < -0.4 is 11.3 Å². The van der Waals surface area contributed by atoms with E-state index >= 15 is 0 Å². The van der Waals surface area contributed by atoms with Crippen molar-refractivity contribution < 1.29 is 4.74 Å². The van der Waals surface area contributed by atoms with Crippen LogP contribution in [0.1, 0.15) is 27.2 Å². The average molecular weight is 196 g/mol. The Balaban J connectivity index is 4.88. The van der Waals surface area contributed by atoms with Crippen LogP contribution in [0.15, 0.2) is 35.3 Å². The second-order valence-corrected chi connectivity index (χ2v) is 2.94. The molecule has 0 unspecified atom stereocenters. The highest BCUT2D eigenvalue weighted by Gasteiger charge is 1.97. The molecule has 0 saturated heterocycles. The zero-order valence-electron chi connectivity index (χ0n) is 9.42. The van der Waals surface area contributed by atoms with E-state index in [1.165, 1.54) is 5.57 Å². The predicted octanol–water partition coefficient (Wildman–Crippen LogP) is 2.24. The number of ether oxygens (including phenoxy) is 1. The summed E-state index contributed by atoms with van der Waals surface area (Å²) in [5.74, 6) is 6.20. The van der Waals surface area contributed by atoms with E-state index in [0.29, 0.717) is 0 Å². The summed E-state index contributed by atoms with van der Waals surface area (Å²) in [6.07, 6.45) is 6.66. The molecule has 3 nitrogen and oxygen atoms in total. The second kappa shape index (κ2) is 7.21. The van der Waals surface area contributed by atoms with Crippen molar-refractivity contribution in [1.82, 2.24) is 5.43 Å². The van der Waals surface area contributed by atoms with Gasteiger partial charge >= 0.3 is 0 Å². The van der Waals surface area contributed by atoms with Gasteiger partial charge < -0.3 is 10.2 Å². The summed E-state index contributed by atoms with van der Waals surface area (Å²) in [7, 11) is 1.64. The standard InChI is InChI=1S/C11H20N2O/c1-5-7-10(14-4)8-11(13-12)9(3)6-2/h5,7-8,13H,6,12H2,1-4H3/b7-5-,10-8+,11-9-. The minimum absolute atomic E-state index is 0.785. The van der Waals surface area contributed by atoms with E-state index in [-0.39, 0.29) is 0 Å². The molecule has 0 spiro atoms. The summed E-state index contributed by atoms with van der Waals surface area (Å²) < 4.78 is 5.16. The Bertz CT molecular complexity index is 252. The third-order valence-electron chi connectivity index (χ3n) is 2.00. The van der Waals surface area contributed by atoms with Crippen molar-refractivity contribution in [2.24, 2.45) is 5.84 Å². The van der Waals surface area contributed by atoms with E-state index in [1.54, 1.807) is 7.11 Å². The Kier molecular flexibility index (Phi) is 6.58. The van der Waals surface area contributed by atoms with Crippen LogP contribution in [0.25, 0.3) is 0 Å². The quantitative estimate of drug-likeness (QED) is 0.307. The molecule has 0 saturated carbocycles. The predicted molar refractivity (Wildman–Crippen MR) is 60.2 cm³/mol. The first-order chi connectivity index (χ1) is 6.69. The highest BCUT2D eigenvalue weighted by atomic mass is 16.5. The Morgan fingerprint density at radius 3 is 2.50 bits per heavy atom. The number of hydrazine groups is 1. The van der Waals surface area contributed by atoms with Crippen molar-refractivity contribution in [2.75, 3.05) is 7.11 Å². The van der Waals surface area contributed by atoms with Gasteiger partial charge in [-0.3, -0.25) is 5.84 Å². The second-order valence-electron chi connectivity index (χ2n) is 2.94. The molecule has 3 heteroatoms. The topological polar surface area (TPSA) is 47.3 Å². The van der Waals surface area contributed by atoms with Crippen molar-refractivity contribution >= 4 is 0 Å². The molecule has 0 aliphatic carbocycles. The van der Waals surface area contributed by atoms with E-state index in [2.05, 4.69) is 12.3 Å². The largest absolute Gasteiger partial charge is 0.497 e. The maximum absolute atomic E-state index is 5.42. The summed E-state index contributed by atoms with van der Waals surface area (Å²) in [6, 6.07) is 0. The molecule has 0 aromatic carbocycles. The third kappa shape index (κ3) is 4.14. The van der Waals surface area contributed by atoms with Crippen LogP contribution in [-0.2, 0) is 4.74 Å². The van der Waals surface area contributed by atoms with E-state index in [1.807, 2.05) is 32.1 Å². The van der Waals surface area contributed by atoms with E-state index < -0.39 is 0 Å². The van der Waals surface area contributed by atoms with E-state index in [9.17, 15) is 0 Å². The minimum atomic E-state index is 0.785. The number of hydrogen-bond acceptors (Lipinski definition) is 3. The van der Waals surface area contributed by atoms with Gasteiger partial charge in [0.2, 0.25) is 0 Å². The first-order valence-corrected chi connectivity index (χ1v) is 4.74. The molecular formula is C11H20N2O. The van der Waals surface area contributed by atoms with Gasteiger partial charge in [0.1, 0.15) is 5.76 Å². The Labute approximate surface area is 86.3 Å². The van der Waals surface area contributed by atoms with Crippen LogP contribution in [0.3, 0.4) is 0 Å². The van der Waals surface area contributed by atoms with Crippen LogP contribution in [0.2, 0.25) is 0 Å². The molecule has 0 radical (unpaired) electrons. The van der Waals surface area contributed by atoms with Crippen molar-refractivity contribution in [3.63, 3.8) is 0 Å². The SMILES string of the molecule is C\C=C/C(=C\C(NN)=C(/C)CC)OC. The lowest BCUT2D eigenvalue weighted by Gasteiger charge is -2.07. The Morgan fingerprint density at radius 2 is 2.14 bits per heavy atom. The lowest BCUT2D eigenvalue weighted by atomic mass is 10.1. The molecule has 3 N–H and O–H groups in total. The van der Waals surface area contributed by atoms with Gasteiger partial charge in [0, 0.05) is 6.08 Å². The Morgan fingerprint density at radius 1 is 1.50 bits per heavy atom. The van der Waals surface area contributed by atoms with Crippen LogP contribution in [0.4, 0.5) is 0 Å². The number of methoxy groups -OCH3 is 1. The van der Waals surface area contributed by atoms with Gasteiger partial charge in [-0.05, 0) is 31.9 Å². The van der Waals surface area contributed by atoms with Gasteiger partial charge in [0.15, 0.2) is 0 Å². The zero-order valence-corrected chi connectivity index (χ0v) is 9.42. The fraction of sp³-hybridized carbons (Fsp3) is 0.455. The molecular weight excluding hydrogens is 176 g/mol. The fourth-order valence-corrected chi connectivity index (χ4v) is 0.960. The van der Waals surface area contributed by atoms with Gasteiger partial charge in [-0.1, -0.05) is 13.0 Å². The van der Waals surface area contributed by atoms with E-state index in [0.717, 1.165) is 17.9 Å². The van der Waals surface area contributed by atoms with E-state index in [4.69, 9.17) is 10.6 Å². The number of nitrogens with two attached hydrogens (primary N) is 1. The first-order valence-electron chi connectivity index (χ1n) is 4.74. The summed E-state index contributed by atoms with van der Waals surface area (Å²) in [4.78, 5) is 0. The number of hydrogen-bond donors (Lipinski definition) is 2. The smallest absolute Gasteiger partial charge is 0.120 e. The molecule has 0 amide bonds. The lowest BCUT2D eigenvalue weighted by Crippen LogP contribution is -2.21. The zero-order chi connectivity index (χ0) is 11.0. The maximum atomic E-state index is 5.42. The summed E-state index contributed by atoms with van der Waals surface area (Å²) in [5.41, 5.74) is 4.77. The molecule has 0 aromatic heterocycles. The monoisotopic (exact) mass is 196 g/mol. The third-order valence-corrected chi connectivity index (χ3v) is 2.00. The van der Waals surface area contributed by atoms with Crippen molar-refractivity contribution in [3.05, 3.63) is 35.3 Å². The number of nitrogens with one attached hydrogen (secondary N) is 1. The molecule has 0 heterocycles. The minimum Gasteiger partial charge on any atom is -0.497 e. The van der Waals surface area contributed by atoms with Crippen LogP contribution in [-0.4, -0.2) is 7.11 Å². The summed E-state index contributed by atoms with van der Waals surface area (Å²) >= 11 is 0. The van der Waals surface area contributed by atoms with Gasteiger partial charge in [-0.2, -0.15) is 0 Å². The van der Waals surface area contributed by atoms with Gasteiger partial charge in [-0.25, -0.2) is 0 Å².